The molecule has 0 saturated heterocycles. The lowest BCUT2D eigenvalue weighted by molar-refractivity contribution is 0.550. The summed E-state index contributed by atoms with van der Waals surface area (Å²) in [7, 11) is 0. The molecule has 1 heteroatoms. The Kier molecular flexibility index (Phi) is 15.5. The minimum absolute atomic E-state index is 0.313. The molecular weight excluding hydrogens is 230 g/mol. The Bertz CT molecular complexity index is 184. The maximum atomic E-state index is 5.69. The van der Waals surface area contributed by atoms with Crippen LogP contribution < -0.4 is 5.73 Å². The first-order valence-corrected chi connectivity index (χ1v) is 8.68. The van der Waals surface area contributed by atoms with Crippen LogP contribution in [0.2, 0.25) is 0 Å². The van der Waals surface area contributed by atoms with Crippen molar-refractivity contribution in [3.8, 4) is 0 Å². The summed E-state index contributed by atoms with van der Waals surface area (Å²) in [6.45, 7) is 4.35. The minimum atomic E-state index is 0.313. The number of allylic oxidation sites excluding steroid dienone is 1. The van der Waals surface area contributed by atoms with E-state index in [9.17, 15) is 0 Å². The fourth-order valence-corrected chi connectivity index (χ4v) is 2.36. The van der Waals surface area contributed by atoms with Crippen LogP contribution in [0.1, 0.15) is 97.3 Å². The molecule has 0 heterocycles. The molecule has 1 nitrogen and oxygen atoms in total. The quantitative estimate of drug-likeness (QED) is 0.304. The van der Waals surface area contributed by atoms with Crippen molar-refractivity contribution >= 4 is 0 Å². The maximum absolute atomic E-state index is 5.69. The summed E-state index contributed by atoms with van der Waals surface area (Å²) in [5.74, 6) is 0. The largest absolute Gasteiger partial charge is 0.328 e. The summed E-state index contributed by atoms with van der Waals surface area (Å²) in [6.07, 6.45) is 22.5. The molecule has 0 spiro atoms. The normalized spacial score (nSPS) is 13.2. The van der Waals surface area contributed by atoms with Crippen molar-refractivity contribution in [3.63, 3.8) is 0 Å². The van der Waals surface area contributed by atoms with Crippen LogP contribution in [0.4, 0.5) is 0 Å². The molecule has 0 saturated carbocycles. The Morgan fingerprint density at radius 1 is 0.737 bits per heavy atom. The molecule has 0 aromatic heterocycles. The van der Waals surface area contributed by atoms with E-state index in [0.717, 1.165) is 6.42 Å². The molecular formula is C18H37N. The van der Waals surface area contributed by atoms with Gasteiger partial charge in [-0.2, -0.15) is 0 Å². The predicted molar refractivity (Wildman–Crippen MR) is 88.5 cm³/mol. The first-order valence-electron chi connectivity index (χ1n) is 8.68. The van der Waals surface area contributed by atoms with Crippen molar-refractivity contribution in [1.82, 2.24) is 0 Å². The molecule has 0 aliphatic carbocycles. The summed E-state index contributed by atoms with van der Waals surface area (Å²) in [4.78, 5) is 0. The highest BCUT2D eigenvalue weighted by molar-refractivity contribution is 4.83. The lowest BCUT2D eigenvalue weighted by atomic mass is 10.1. The summed E-state index contributed by atoms with van der Waals surface area (Å²) in [5.41, 5.74) is 5.69. The first-order chi connectivity index (χ1) is 9.27. The fourth-order valence-electron chi connectivity index (χ4n) is 2.36. The van der Waals surface area contributed by atoms with Crippen molar-refractivity contribution in [2.24, 2.45) is 5.73 Å². The monoisotopic (exact) mass is 267 g/mol. The molecule has 0 fully saturated rings. The molecule has 0 aliphatic heterocycles. The van der Waals surface area contributed by atoms with Gasteiger partial charge in [0.2, 0.25) is 0 Å². The third-order valence-corrected chi connectivity index (χ3v) is 3.65. The lowest BCUT2D eigenvalue weighted by Crippen LogP contribution is -2.12. The van der Waals surface area contributed by atoms with Crippen LogP contribution in [-0.4, -0.2) is 6.04 Å². The van der Waals surface area contributed by atoms with Gasteiger partial charge in [0.25, 0.3) is 0 Å². The van der Waals surface area contributed by atoms with Crippen molar-refractivity contribution in [2.45, 2.75) is 103 Å². The van der Waals surface area contributed by atoms with Gasteiger partial charge in [0.1, 0.15) is 0 Å². The van der Waals surface area contributed by atoms with Crippen molar-refractivity contribution in [1.29, 1.82) is 0 Å². The molecule has 0 amide bonds. The zero-order valence-electron chi connectivity index (χ0n) is 13.5. The van der Waals surface area contributed by atoms with E-state index in [1.807, 2.05) is 0 Å². The Morgan fingerprint density at radius 2 is 1.21 bits per heavy atom. The van der Waals surface area contributed by atoms with Gasteiger partial charge in [0.15, 0.2) is 0 Å². The van der Waals surface area contributed by atoms with Gasteiger partial charge >= 0.3 is 0 Å². The zero-order valence-corrected chi connectivity index (χ0v) is 13.5. The van der Waals surface area contributed by atoms with Gasteiger partial charge in [-0.05, 0) is 26.2 Å². The standard InChI is InChI=1S/C18H37N/c1-3-4-5-6-7-8-9-10-11-12-13-14-15-16-17-18(2)19/h15-16,18H,3-14,17,19H2,1-2H3. The van der Waals surface area contributed by atoms with Crippen molar-refractivity contribution in [2.75, 3.05) is 0 Å². The second kappa shape index (κ2) is 15.8. The molecule has 0 bridgehead atoms. The highest BCUT2D eigenvalue weighted by atomic mass is 14.6. The molecule has 114 valence electrons. The van der Waals surface area contributed by atoms with Gasteiger partial charge in [0.05, 0.1) is 0 Å². The summed E-state index contributed by atoms with van der Waals surface area (Å²) >= 11 is 0. The van der Waals surface area contributed by atoms with E-state index in [1.165, 1.54) is 77.0 Å². The summed E-state index contributed by atoms with van der Waals surface area (Å²) in [5, 5.41) is 0. The third-order valence-electron chi connectivity index (χ3n) is 3.65. The van der Waals surface area contributed by atoms with Crippen LogP contribution in [0, 0.1) is 0 Å². The smallest absolute Gasteiger partial charge is 0.00449 e. The summed E-state index contributed by atoms with van der Waals surface area (Å²) < 4.78 is 0. The van der Waals surface area contributed by atoms with Crippen LogP contribution in [-0.2, 0) is 0 Å². The predicted octanol–water partition coefficient (Wildman–Crippen LogP) is 5.98. The SMILES string of the molecule is CCCCCCCCCCCCCC=CCC(C)N. The van der Waals surface area contributed by atoms with E-state index in [0.29, 0.717) is 6.04 Å². The Hall–Kier alpha value is -0.300. The minimum Gasteiger partial charge on any atom is -0.328 e. The van der Waals surface area contributed by atoms with Crippen molar-refractivity contribution < 1.29 is 0 Å². The number of hydrogen-bond acceptors (Lipinski definition) is 1. The molecule has 19 heavy (non-hydrogen) atoms. The molecule has 0 rings (SSSR count). The fraction of sp³-hybridized carbons (Fsp3) is 0.889. The van der Waals surface area contributed by atoms with E-state index < -0.39 is 0 Å². The topological polar surface area (TPSA) is 26.0 Å². The highest BCUT2D eigenvalue weighted by Crippen LogP contribution is 2.12. The average molecular weight is 268 g/mol. The van der Waals surface area contributed by atoms with E-state index in [2.05, 4.69) is 26.0 Å². The molecule has 0 radical (unpaired) electrons. The van der Waals surface area contributed by atoms with E-state index >= 15 is 0 Å². The Balaban J connectivity index is 3.01. The van der Waals surface area contributed by atoms with Crippen LogP contribution in [0.15, 0.2) is 12.2 Å². The zero-order chi connectivity index (χ0) is 14.2. The molecule has 0 aromatic rings. The highest BCUT2D eigenvalue weighted by Gasteiger charge is 1.92. The Morgan fingerprint density at radius 3 is 1.68 bits per heavy atom. The van der Waals surface area contributed by atoms with Crippen LogP contribution in [0.25, 0.3) is 0 Å². The van der Waals surface area contributed by atoms with Gasteiger partial charge < -0.3 is 5.73 Å². The molecule has 0 aliphatic rings. The third kappa shape index (κ3) is 17.7. The van der Waals surface area contributed by atoms with Gasteiger partial charge in [-0.3, -0.25) is 0 Å². The van der Waals surface area contributed by atoms with Crippen LogP contribution in [0.5, 0.6) is 0 Å². The molecule has 1 unspecified atom stereocenters. The van der Waals surface area contributed by atoms with Gasteiger partial charge in [-0.1, -0.05) is 83.3 Å². The van der Waals surface area contributed by atoms with Gasteiger partial charge in [0, 0.05) is 6.04 Å². The van der Waals surface area contributed by atoms with E-state index in [1.54, 1.807) is 0 Å². The van der Waals surface area contributed by atoms with Gasteiger partial charge in [-0.15, -0.1) is 0 Å². The molecule has 1 atom stereocenters. The van der Waals surface area contributed by atoms with Crippen LogP contribution in [0.3, 0.4) is 0 Å². The number of unbranched alkanes of at least 4 members (excludes halogenated alkanes) is 11. The molecule has 2 N–H and O–H groups in total. The van der Waals surface area contributed by atoms with E-state index in [-0.39, 0.29) is 0 Å². The van der Waals surface area contributed by atoms with Crippen molar-refractivity contribution in [3.05, 3.63) is 12.2 Å². The summed E-state index contributed by atoms with van der Waals surface area (Å²) in [6, 6.07) is 0.313. The number of rotatable bonds is 14. The van der Waals surface area contributed by atoms with E-state index in [4.69, 9.17) is 5.73 Å². The second-order valence-electron chi connectivity index (χ2n) is 6.01. The maximum Gasteiger partial charge on any atom is 0.00449 e. The number of hydrogen-bond donors (Lipinski definition) is 1. The Labute approximate surface area is 122 Å². The number of nitrogens with two attached hydrogens (primary N) is 1. The first kappa shape index (κ1) is 18.7. The van der Waals surface area contributed by atoms with Gasteiger partial charge in [-0.25, -0.2) is 0 Å². The lowest BCUT2D eigenvalue weighted by Gasteiger charge is -2.02. The molecule has 0 aromatic carbocycles. The average Bonchev–Trinajstić information content (AvgIpc) is 2.39. The second-order valence-corrected chi connectivity index (χ2v) is 6.01. The van der Waals surface area contributed by atoms with Crippen LogP contribution >= 0.6 is 0 Å².